The first-order valence-electron chi connectivity index (χ1n) is 8.29. The van der Waals surface area contributed by atoms with Gasteiger partial charge in [-0.3, -0.25) is 4.79 Å². The number of nitrogens with zero attached hydrogens (tertiary/aromatic N) is 3. The van der Waals surface area contributed by atoms with E-state index in [0.717, 1.165) is 18.7 Å². The maximum Gasteiger partial charge on any atom is 0.183 e. The van der Waals surface area contributed by atoms with Crippen LogP contribution in [0, 0.1) is 11.8 Å². The van der Waals surface area contributed by atoms with Gasteiger partial charge in [-0.2, -0.15) is 5.10 Å². The van der Waals surface area contributed by atoms with Crippen molar-refractivity contribution in [1.29, 1.82) is 0 Å². The van der Waals surface area contributed by atoms with Gasteiger partial charge in [0, 0.05) is 32.2 Å². The summed E-state index contributed by atoms with van der Waals surface area (Å²) in [6.45, 7) is 6.21. The van der Waals surface area contributed by atoms with E-state index in [0.29, 0.717) is 24.1 Å². The maximum atomic E-state index is 12.5. The first-order valence-corrected chi connectivity index (χ1v) is 8.29. The lowest BCUT2D eigenvalue weighted by atomic mass is 9.91. The molecule has 22 heavy (non-hydrogen) atoms. The molecule has 3 rings (SSSR count). The average Bonchev–Trinajstić information content (AvgIpc) is 3.28. The summed E-state index contributed by atoms with van der Waals surface area (Å²) in [6, 6.07) is 2.36. The Labute approximate surface area is 131 Å². The van der Waals surface area contributed by atoms with Gasteiger partial charge in [0.1, 0.15) is 5.69 Å². The summed E-state index contributed by atoms with van der Waals surface area (Å²) in [5.41, 5.74) is 1.64. The van der Waals surface area contributed by atoms with E-state index in [-0.39, 0.29) is 24.2 Å². The van der Waals surface area contributed by atoms with Gasteiger partial charge in [-0.25, -0.2) is 0 Å². The number of hydrogen-bond acceptors (Lipinski definition) is 5. The molecule has 0 amide bonds. The number of carbonyl (C=O) groups is 1. The van der Waals surface area contributed by atoms with E-state index in [1.165, 1.54) is 12.8 Å². The number of likely N-dealkylation sites (tertiary alicyclic amines) is 1. The largest absolute Gasteiger partial charge is 0.396 e. The zero-order chi connectivity index (χ0) is 15.7. The SMILES string of the molecule is CC(C)N1C[C@@H](CC(=O)c2cc(C3CC3)cnn2)[C@@H](CO)C1. The van der Waals surface area contributed by atoms with Crippen molar-refractivity contribution in [1.82, 2.24) is 15.1 Å². The molecule has 0 bridgehead atoms. The number of aliphatic hydroxyl groups excluding tert-OH is 1. The van der Waals surface area contributed by atoms with Crippen molar-refractivity contribution in [3.05, 3.63) is 23.5 Å². The summed E-state index contributed by atoms with van der Waals surface area (Å²) in [6.07, 6.45) is 4.62. The molecule has 2 fully saturated rings. The zero-order valence-electron chi connectivity index (χ0n) is 13.4. The number of Topliss-reactive ketones (excluding diaryl/α,β-unsaturated/α-hetero) is 1. The Kier molecular flexibility index (Phi) is 4.54. The van der Waals surface area contributed by atoms with Gasteiger partial charge in [0.15, 0.2) is 5.78 Å². The highest BCUT2D eigenvalue weighted by Gasteiger charge is 2.35. The highest BCUT2D eigenvalue weighted by molar-refractivity contribution is 5.94. The lowest BCUT2D eigenvalue weighted by molar-refractivity contribution is 0.0935. The summed E-state index contributed by atoms with van der Waals surface area (Å²) in [4.78, 5) is 14.9. The van der Waals surface area contributed by atoms with Crippen LogP contribution in [0.4, 0.5) is 0 Å². The molecule has 0 aromatic carbocycles. The maximum absolute atomic E-state index is 12.5. The third-order valence-corrected chi connectivity index (χ3v) is 5.03. The Morgan fingerprint density at radius 3 is 2.73 bits per heavy atom. The van der Waals surface area contributed by atoms with Crippen LogP contribution in [0.1, 0.15) is 55.1 Å². The molecule has 1 aromatic rings. The van der Waals surface area contributed by atoms with E-state index in [1.807, 2.05) is 6.07 Å². The van der Waals surface area contributed by atoms with E-state index >= 15 is 0 Å². The minimum absolute atomic E-state index is 0.0593. The molecule has 0 unspecified atom stereocenters. The molecular formula is C17H25N3O2. The van der Waals surface area contributed by atoms with Crippen LogP contribution in [0.15, 0.2) is 12.3 Å². The standard InChI is InChI=1S/C17H25N3O2/c1-11(2)20-8-14(15(9-20)10-21)6-17(22)16-5-13(7-18-19-16)12-3-4-12/h5,7,11-12,14-15,21H,3-4,6,8-10H2,1-2H3/t14-,15-/m1/s1. The fourth-order valence-electron chi connectivity index (χ4n) is 3.34. The smallest absolute Gasteiger partial charge is 0.183 e. The molecule has 2 atom stereocenters. The molecule has 1 aliphatic carbocycles. The van der Waals surface area contributed by atoms with E-state index in [2.05, 4.69) is 28.9 Å². The number of rotatable bonds is 6. The van der Waals surface area contributed by atoms with Crippen molar-refractivity contribution in [3.63, 3.8) is 0 Å². The van der Waals surface area contributed by atoms with E-state index in [1.54, 1.807) is 6.20 Å². The van der Waals surface area contributed by atoms with Gasteiger partial charge < -0.3 is 10.0 Å². The molecule has 120 valence electrons. The van der Waals surface area contributed by atoms with Crippen LogP contribution < -0.4 is 0 Å². The van der Waals surface area contributed by atoms with Crippen LogP contribution in [-0.4, -0.2) is 51.7 Å². The number of hydrogen-bond donors (Lipinski definition) is 1. The van der Waals surface area contributed by atoms with Crippen molar-refractivity contribution in [3.8, 4) is 0 Å². The Morgan fingerprint density at radius 1 is 1.36 bits per heavy atom. The van der Waals surface area contributed by atoms with Gasteiger partial charge in [-0.1, -0.05) is 0 Å². The van der Waals surface area contributed by atoms with Gasteiger partial charge in [0.05, 0.1) is 6.20 Å². The Morgan fingerprint density at radius 2 is 2.09 bits per heavy atom. The predicted molar refractivity (Wildman–Crippen MR) is 83.7 cm³/mol. The molecule has 1 saturated heterocycles. The topological polar surface area (TPSA) is 66.3 Å². The van der Waals surface area contributed by atoms with Gasteiger partial charge in [0.2, 0.25) is 0 Å². The second-order valence-corrected chi connectivity index (χ2v) is 7.03. The highest BCUT2D eigenvalue weighted by Crippen LogP contribution is 2.39. The molecule has 2 heterocycles. The van der Waals surface area contributed by atoms with Gasteiger partial charge in [-0.05, 0) is 56.1 Å². The normalized spacial score (nSPS) is 25.8. The first-order chi connectivity index (χ1) is 10.6. The van der Waals surface area contributed by atoms with Crippen molar-refractivity contribution < 1.29 is 9.90 Å². The Hall–Kier alpha value is -1.33. The summed E-state index contributed by atoms with van der Waals surface area (Å²) in [7, 11) is 0. The quantitative estimate of drug-likeness (QED) is 0.813. The van der Waals surface area contributed by atoms with Crippen LogP contribution in [0.2, 0.25) is 0 Å². The van der Waals surface area contributed by atoms with Gasteiger partial charge in [-0.15, -0.1) is 5.10 Å². The minimum atomic E-state index is 0.0593. The molecule has 1 N–H and O–H groups in total. The van der Waals surface area contributed by atoms with Gasteiger partial charge >= 0.3 is 0 Å². The van der Waals surface area contributed by atoms with Crippen molar-refractivity contribution in [2.24, 2.45) is 11.8 Å². The first kappa shape index (κ1) is 15.6. The third kappa shape index (κ3) is 3.36. The minimum Gasteiger partial charge on any atom is -0.396 e. The molecule has 1 saturated carbocycles. The number of carbonyl (C=O) groups excluding carboxylic acids is 1. The molecule has 0 radical (unpaired) electrons. The molecule has 5 heteroatoms. The van der Waals surface area contributed by atoms with Crippen molar-refractivity contribution in [2.45, 2.75) is 45.1 Å². The van der Waals surface area contributed by atoms with E-state index < -0.39 is 0 Å². The number of aliphatic hydroxyl groups is 1. The van der Waals surface area contributed by atoms with E-state index in [9.17, 15) is 9.90 Å². The Balaban J connectivity index is 1.66. The monoisotopic (exact) mass is 303 g/mol. The summed E-state index contributed by atoms with van der Waals surface area (Å²) < 4.78 is 0. The van der Waals surface area contributed by atoms with Crippen LogP contribution >= 0.6 is 0 Å². The summed E-state index contributed by atoms with van der Waals surface area (Å²) in [5, 5.41) is 17.6. The van der Waals surface area contributed by atoms with Crippen LogP contribution in [0.25, 0.3) is 0 Å². The van der Waals surface area contributed by atoms with E-state index in [4.69, 9.17) is 0 Å². The van der Waals surface area contributed by atoms with Crippen molar-refractivity contribution >= 4 is 5.78 Å². The number of ketones is 1. The second kappa shape index (κ2) is 6.42. The molecule has 2 aliphatic rings. The fourth-order valence-corrected chi connectivity index (χ4v) is 3.34. The number of aromatic nitrogens is 2. The van der Waals surface area contributed by atoms with Crippen LogP contribution in [0.3, 0.4) is 0 Å². The molecular weight excluding hydrogens is 278 g/mol. The lowest BCUT2D eigenvalue weighted by Crippen LogP contribution is -2.28. The lowest BCUT2D eigenvalue weighted by Gasteiger charge is -2.20. The van der Waals surface area contributed by atoms with Crippen molar-refractivity contribution in [2.75, 3.05) is 19.7 Å². The molecule has 0 spiro atoms. The fraction of sp³-hybridized carbons (Fsp3) is 0.706. The predicted octanol–water partition coefficient (Wildman–Crippen LogP) is 1.88. The molecule has 1 aromatic heterocycles. The van der Waals surface area contributed by atoms with Crippen LogP contribution in [-0.2, 0) is 0 Å². The second-order valence-electron chi connectivity index (χ2n) is 7.03. The van der Waals surface area contributed by atoms with Gasteiger partial charge in [0.25, 0.3) is 0 Å². The Bertz CT molecular complexity index is 542. The third-order valence-electron chi connectivity index (χ3n) is 5.03. The zero-order valence-corrected chi connectivity index (χ0v) is 13.4. The molecule has 1 aliphatic heterocycles. The summed E-state index contributed by atoms with van der Waals surface area (Å²) in [5.74, 6) is 1.04. The molecule has 5 nitrogen and oxygen atoms in total. The van der Waals surface area contributed by atoms with Crippen LogP contribution in [0.5, 0.6) is 0 Å². The average molecular weight is 303 g/mol. The highest BCUT2D eigenvalue weighted by atomic mass is 16.3. The summed E-state index contributed by atoms with van der Waals surface area (Å²) >= 11 is 0.